The highest BCUT2D eigenvalue weighted by atomic mass is 31.2. The molecule has 13 heteroatoms. The van der Waals surface area contributed by atoms with Crippen molar-refractivity contribution >= 4 is 19.7 Å². The molecule has 0 fully saturated rings. The third-order valence-corrected chi connectivity index (χ3v) is 2.41. The summed E-state index contributed by atoms with van der Waals surface area (Å²) < 4.78 is 13.1. The van der Waals surface area contributed by atoms with Gasteiger partial charge in [0.2, 0.25) is 5.96 Å². The van der Waals surface area contributed by atoms with E-state index in [1.54, 1.807) is 0 Å². The van der Waals surface area contributed by atoms with Crippen molar-refractivity contribution in [3.63, 3.8) is 0 Å². The maximum atomic E-state index is 10.3. The molecule has 0 bridgehead atoms. The third kappa shape index (κ3) is 12.2. The minimum Gasteiger partial charge on any atom is -0.480 e. The molecule has 0 aromatic carbocycles. The second kappa shape index (κ2) is 9.63. The lowest BCUT2D eigenvalue weighted by Gasteiger charge is -2.20. The zero-order chi connectivity index (χ0) is 17.3. The van der Waals surface area contributed by atoms with Crippen molar-refractivity contribution in [3.8, 4) is 0 Å². The molecule has 0 atom stereocenters. The summed E-state index contributed by atoms with van der Waals surface area (Å²) in [5.41, 5.74) is 9.01. The number of carboxylic acid groups (broad SMARTS) is 1. The number of aliphatic carboxylic acids is 1. The van der Waals surface area contributed by atoms with Crippen LogP contribution in [0.15, 0.2) is 4.76 Å². The number of guanidine groups is 1. The van der Waals surface area contributed by atoms with Gasteiger partial charge >= 0.3 is 13.7 Å². The number of aliphatic hydroxyl groups excluding tert-OH is 3. The lowest BCUT2D eigenvalue weighted by Crippen LogP contribution is -2.50. The Morgan fingerprint density at radius 2 is 1.62 bits per heavy atom. The predicted octanol–water partition coefficient (Wildman–Crippen LogP) is -3.93. The Labute approximate surface area is 120 Å². The summed E-state index contributed by atoms with van der Waals surface area (Å²) in [6.45, 7) is -1.69. The van der Waals surface area contributed by atoms with Crippen LogP contribution in [0.3, 0.4) is 0 Å². The van der Waals surface area contributed by atoms with E-state index in [-0.39, 0.29) is 0 Å². The van der Waals surface area contributed by atoms with Crippen LogP contribution in [0.5, 0.6) is 0 Å². The van der Waals surface area contributed by atoms with E-state index in [1.165, 1.54) is 7.05 Å². The van der Waals surface area contributed by atoms with Crippen LogP contribution in [0.4, 0.5) is 0 Å². The highest BCUT2D eigenvalue weighted by molar-refractivity contribution is 7.50. The SMILES string of the molecule is CN(CC(=O)O)C(N)=NP(=O)(O)O.NC(CO)(CO)CO. The van der Waals surface area contributed by atoms with Crippen LogP contribution in [0.2, 0.25) is 0 Å². The minimum atomic E-state index is -4.59. The normalized spacial score (nSPS) is 12.4. The first kappa shape index (κ1) is 22.0. The average molecular weight is 332 g/mol. The van der Waals surface area contributed by atoms with Gasteiger partial charge in [-0.25, -0.2) is 4.57 Å². The van der Waals surface area contributed by atoms with Gasteiger partial charge in [-0.3, -0.25) is 4.79 Å². The van der Waals surface area contributed by atoms with Gasteiger partial charge < -0.3 is 46.6 Å². The largest absolute Gasteiger partial charge is 0.480 e. The molecule has 12 nitrogen and oxygen atoms in total. The van der Waals surface area contributed by atoms with Crippen LogP contribution in [-0.4, -0.2) is 86.0 Å². The van der Waals surface area contributed by atoms with Gasteiger partial charge in [0, 0.05) is 7.05 Å². The van der Waals surface area contributed by atoms with Gasteiger partial charge in [0.1, 0.15) is 6.54 Å². The van der Waals surface area contributed by atoms with E-state index in [2.05, 4.69) is 4.76 Å². The lowest BCUT2D eigenvalue weighted by atomic mass is 10.1. The van der Waals surface area contributed by atoms with Crippen molar-refractivity contribution in [2.45, 2.75) is 5.54 Å². The van der Waals surface area contributed by atoms with Crippen LogP contribution in [0, 0.1) is 0 Å². The van der Waals surface area contributed by atoms with Crippen LogP contribution in [-0.2, 0) is 9.36 Å². The summed E-state index contributed by atoms with van der Waals surface area (Å²) in [5.74, 6) is -1.69. The smallest absolute Gasteiger partial charge is 0.451 e. The van der Waals surface area contributed by atoms with E-state index in [0.29, 0.717) is 0 Å². The maximum absolute atomic E-state index is 10.3. The lowest BCUT2D eigenvalue weighted by molar-refractivity contribution is -0.137. The molecule has 0 saturated heterocycles. The summed E-state index contributed by atoms with van der Waals surface area (Å²) in [4.78, 5) is 27.7. The van der Waals surface area contributed by atoms with Crippen molar-refractivity contribution < 1.29 is 39.6 Å². The molecule has 126 valence electrons. The van der Waals surface area contributed by atoms with Crippen molar-refractivity contribution in [2.24, 2.45) is 16.2 Å². The highest BCUT2D eigenvalue weighted by Crippen LogP contribution is 2.35. The van der Waals surface area contributed by atoms with Gasteiger partial charge in [0.15, 0.2) is 0 Å². The monoisotopic (exact) mass is 332 g/mol. The quantitative estimate of drug-likeness (QED) is 0.133. The Morgan fingerprint density at radius 3 is 1.81 bits per heavy atom. The number of carbonyl (C=O) groups is 1. The fourth-order valence-corrected chi connectivity index (χ4v) is 1.06. The fourth-order valence-electron chi connectivity index (χ4n) is 0.644. The van der Waals surface area contributed by atoms with Crippen molar-refractivity contribution in [2.75, 3.05) is 33.4 Å². The molecule has 0 aliphatic carbocycles. The third-order valence-electron chi connectivity index (χ3n) is 1.94. The van der Waals surface area contributed by atoms with Gasteiger partial charge in [-0.1, -0.05) is 0 Å². The molecule has 0 aromatic heterocycles. The number of nitrogens with zero attached hydrogens (tertiary/aromatic N) is 2. The number of rotatable bonds is 6. The minimum absolute atomic E-state index is 0.403. The molecule has 10 N–H and O–H groups in total. The van der Waals surface area contributed by atoms with Crippen LogP contribution >= 0.6 is 7.75 Å². The molecule has 0 radical (unpaired) electrons. The maximum Gasteiger partial charge on any atom is 0.451 e. The van der Waals surface area contributed by atoms with E-state index in [9.17, 15) is 9.36 Å². The summed E-state index contributed by atoms with van der Waals surface area (Å²) in [5, 5.41) is 33.3. The summed E-state index contributed by atoms with van der Waals surface area (Å²) in [6.07, 6.45) is 0. The van der Waals surface area contributed by atoms with Gasteiger partial charge in [0.05, 0.1) is 25.4 Å². The molecule has 21 heavy (non-hydrogen) atoms. The fraction of sp³-hybridized carbons (Fsp3) is 0.750. The van der Waals surface area contributed by atoms with E-state index in [0.717, 1.165) is 4.90 Å². The number of hydrogen-bond acceptors (Lipinski definition) is 6. The number of likely N-dealkylation sites (N-methyl/N-ethyl adjacent to an activating group) is 1. The molecule has 0 aromatic rings. The van der Waals surface area contributed by atoms with E-state index in [1.807, 2.05) is 0 Å². The topological polar surface area (TPSA) is 223 Å². The first-order valence-electron chi connectivity index (χ1n) is 5.36. The molecule has 0 saturated carbocycles. The van der Waals surface area contributed by atoms with Crippen LogP contribution in [0.1, 0.15) is 0 Å². The Kier molecular flexibility index (Phi) is 10.1. The van der Waals surface area contributed by atoms with Gasteiger partial charge in [0.25, 0.3) is 0 Å². The van der Waals surface area contributed by atoms with E-state index in [4.69, 9.17) is 41.7 Å². The summed E-state index contributed by atoms with van der Waals surface area (Å²) in [6, 6.07) is 0. The predicted molar refractivity (Wildman–Crippen MR) is 72.1 cm³/mol. The molecule has 0 unspecified atom stereocenters. The number of aliphatic hydroxyl groups is 3. The van der Waals surface area contributed by atoms with Crippen LogP contribution < -0.4 is 11.5 Å². The first-order chi connectivity index (χ1) is 9.40. The van der Waals surface area contributed by atoms with Crippen LogP contribution in [0.25, 0.3) is 0 Å². The summed E-state index contributed by atoms with van der Waals surface area (Å²) >= 11 is 0. The molecular formula is C8H21N4O8P. The molecule has 0 spiro atoms. The van der Waals surface area contributed by atoms with Gasteiger partial charge in [-0.2, -0.15) is 0 Å². The molecule has 0 heterocycles. The van der Waals surface area contributed by atoms with E-state index < -0.39 is 51.6 Å². The molecule has 0 aliphatic heterocycles. The van der Waals surface area contributed by atoms with E-state index >= 15 is 0 Å². The van der Waals surface area contributed by atoms with Crippen molar-refractivity contribution in [3.05, 3.63) is 0 Å². The molecular weight excluding hydrogens is 311 g/mol. The standard InChI is InChI=1S/C4H10N3O5P.C4H11NO3/c1-7(2-3(8)9)4(5)6-13(10,11)12;5-4(1-6,2-7)3-8/h2H2,1H3,(H,8,9)(H4,5,6,10,11,12);6-8H,1-3,5H2. The second-order valence-electron chi connectivity index (χ2n) is 4.06. The zero-order valence-electron chi connectivity index (χ0n) is 11.3. The second-order valence-corrected chi connectivity index (χ2v) is 5.28. The summed E-state index contributed by atoms with van der Waals surface area (Å²) in [7, 11) is -3.34. The first-order valence-corrected chi connectivity index (χ1v) is 6.93. The van der Waals surface area contributed by atoms with Crippen molar-refractivity contribution in [1.29, 1.82) is 0 Å². The Bertz CT molecular complexity index is 385. The number of carboxylic acids is 1. The average Bonchev–Trinajstić information content (AvgIpc) is 2.36. The Hall–Kier alpha value is -1.27. The molecule has 0 rings (SSSR count). The van der Waals surface area contributed by atoms with Crippen molar-refractivity contribution in [1.82, 2.24) is 4.90 Å². The Morgan fingerprint density at radius 1 is 1.24 bits per heavy atom. The Balaban J connectivity index is 0. The number of hydrogen-bond donors (Lipinski definition) is 8. The highest BCUT2D eigenvalue weighted by Gasteiger charge is 2.20. The van der Waals surface area contributed by atoms with Gasteiger partial charge in [-0.05, 0) is 0 Å². The number of nitrogens with two attached hydrogens (primary N) is 2. The van der Waals surface area contributed by atoms with Gasteiger partial charge in [-0.15, -0.1) is 4.76 Å². The molecule has 0 aliphatic rings. The molecule has 0 amide bonds. The zero-order valence-corrected chi connectivity index (χ0v) is 12.2.